The summed E-state index contributed by atoms with van der Waals surface area (Å²) in [5, 5.41) is 9.12. The first kappa shape index (κ1) is 17.3. The van der Waals surface area contributed by atoms with Crippen LogP contribution < -0.4 is 5.73 Å². The minimum absolute atomic E-state index is 0.0103. The second-order valence-electron chi connectivity index (χ2n) is 3.93. The van der Waals surface area contributed by atoms with Gasteiger partial charge in [-0.3, -0.25) is 0 Å². The third-order valence-electron chi connectivity index (χ3n) is 2.24. The van der Waals surface area contributed by atoms with E-state index in [9.17, 15) is 8.42 Å². The molecular weight excluding hydrogens is 386 g/mol. The van der Waals surface area contributed by atoms with Crippen LogP contribution in [0.3, 0.4) is 0 Å². The van der Waals surface area contributed by atoms with Crippen molar-refractivity contribution in [3.8, 4) is 6.07 Å². The minimum atomic E-state index is -3.70. The fourth-order valence-corrected chi connectivity index (χ4v) is 4.03. The highest BCUT2D eigenvalue weighted by atomic mass is 79.9. The van der Waals surface area contributed by atoms with Crippen LogP contribution in [0, 0.1) is 11.3 Å². The van der Waals surface area contributed by atoms with Gasteiger partial charge in [-0.15, -0.1) is 0 Å². The van der Waals surface area contributed by atoms with E-state index in [2.05, 4.69) is 15.9 Å². The summed E-state index contributed by atoms with van der Waals surface area (Å²) in [5.74, 6) is -0.281. The number of thiocarbonyl (C=S) groups is 1. The van der Waals surface area contributed by atoms with Crippen LogP contribution in [0.5, 0.6) is 0 Å². The van der Waals surface area contributed by atoms with E-state index in [1.165, 1.54) is 0 Å². The molecule has 2 N–H and O–H groups in total. The third kappa shape index (κ3) is 5.34. The molecule has 20 heavy (non-hydrogen) atoms. The summed E-state index contributed by atoms with van der Waals surface area (Å²) < 4.78 is 26.1. The predicted octanol–water partition coefficient (Wildman–Crippen LogP) is 2.04. The van der Waals surface area contributed by atoms with Gasteiger partial charge in [-0.05, 0) is 23.8 Å². The Balaban J connectivity index is 3.02. The van der Waals surface area contributed by atoms with Crippen molar-refractivity contribution < 1.29 is 8.42 Å². The summed E-state index contributed by atoms with van der Waals surface area (Å²) in [7, 11) is -3.70. The Bertz CT molecular complexity index is 638. The molecule has 0 saturated heterocycles. The number of sulfonamides is 1. The molecule has 9 heteroatoms. The molecule has 0 aromatic heterocycles. The first-order valence-corrected chi connectivity index (χ1v) is 8.51. The summed E-state index contributed by atoms with van der Waals surface area (Å²) in [6, 6.07) is 6.63. The Hall–Kier alpha value is -0.720. The van der Waals surface area contributed by atoms with Crippen LogP contribution in [0.1, 0.15) is 5.56 Å². The van der Waals surface area contributed by atoms with Crippen molar-refractivity contribution in [3.63, 3.8) is 0 Å². The van der Waals surface area contributed by atoms with Gasteiger partial charge < -0.3 is 5.73 Å². The first-order chi connectivity index (χ1) is 9.24. The van der Waals surface area contributed by atoms with Crippen LogP contribution in [0.25, 0.3) is 0 Å². The Morgan fingerprint density at radius 3 is 2.65 bits per heavy atom. The fraction of sp³-hybridized carbons (Fsp3) is 0.273. The Kier molecular flexibility index (Phi) is 6.36. The molecule has 0 aliphatic heterocycles. The molecule has 0 unspecified atom stereocenters. The molecular formula is C11H11BrClN3O2S2. The molecule has 0 spiro atoms. The van der Waals surface area contributed by atoms with E-state index in [1.54, 1.807) is 24.3 Å². The zero-order chi connectivity index (χ0) is 15.3. The van der Waals surface area contributed by atoms with Gasteiger partial charge in [0, 0.05) is 9.50 Å². The van der Waals surface area contributed by atoms with Crippen molar-refractivity contribution in [3.05, 3.63) is 33.3 Å². The van der Waals surface area contributed by atoms with Gasteiger partial charge in [0.1, 0.15) is 6.54 Å². The number of rotatable bonds is 6. The molecule has 108 valence electrons. The van der Waals surface area contributed by atoms with Crippen LogP contribution in [0.4, 0.5) is 0 Å². The predicted molar refractivity (Wildman–Crippen MR) is 85.7 cm³/mol. The fourth-order valence-electron chi connectivity index (χ4n) is 1.50. The van der Waals surface area contributed by atoms with E-state index < -0.39 is 10.0 Å². The van der Waals surface area contributed by atoms with Crippen LogP contribution in [-0.2, 0) is 15.8 Å². The normalized spacial score (nSPS) is 11.3. The van der Waals surface area contributed by atoms with Gasteiger partial charge in [-0.2, -0.15) is 9.57 Å². The summed E-state index contributed by atoms with van der Waals surface area (Å²) in [6.45, 7) is -0.464. The van der Waals surface area contributed by atoms with E-state index in [4.69, 9.17) is 34.8 Å². The number of halogens is 2. The van der Waals surface area contributed by atoms with E-state index in [-0.39, 0.29) is 23.8 Å². The largest absolute Gasteiger partial charge is 0.392 e. The summed E-state index contributed by atoms with van der Waals surface area (Å²) in [4.78, 5) is 0.0103. The van der Waals surface area contributed by atoms with Gasteiger partial charge >= 0.3 is 0 Å². The molecule has 0 atom stereocenters. The van der Waals surface area contributed by atoms with Crippen molar-refractivity contribution in [2.24, 2.45) is 5.73 Å². The number of benzene rings is 1. The van der Waals surface area contributed by atoms with Gasteiger partial charge in [0.2, 0.25) is 10.0 Å². The molecule has 0 fully saturated rings. The molecule has 0 amide bonds. The first-order valence-electron chi connectivity index (χ1n) is 5.32. The van der Waals surface area contributed by atoms with Crippen LogP contribution in [0.2, 0.25) is 5.02 Å². The second-order valence-corrected chi connectivity index (χ2v) is 7.77. The number of nitriles is 1. The number of hydrogen-bond donors (Lipinski definition) is 1. The molecule has 1 rings (SSSR count). The lowest BCUT2D eigenvalue weighted by molar-refractivity contribution is 0.483. The van der Waals surface area contributed by atoms with E-state index in [0.717, 1.165) is 4.31 Å². The molecule has 0 radical (unpaired) electrons. The molecule has 0 aliphatic rings. The van der Waals surface area contributed by atoms with E-state index >= 15 is 0 Å². The zero-order valence-corrected chi connectivity index (χ0v) is 14.2. The van der Waals surface area contributed by atoms with Crippen molar-refractivity contribution in [1.82, 2.24) is 4.31 Å². The molecule has 0 saturated carbocycles. The molecule has 5 nitrogen and oxygen atoms in total. The van der Waals surface area contributed by atoms with Crippen molar-refractivity contribution >= 4 is 54.8 Å². The Morgan fingerprint density at radius 2 is 2.15 bits per heavy atom. The SMILES string of the molecule is N#CCN(CC(N)=S)S(=O)(=O)Cc1cc(Cl)cc(Br)c1. The maximum Gasteiger partial charge on any atom is 0.219 e. The highest BCUT2D eigenvalue weighted by Gasteiger charge is 2.23. The van der Waals surface area contributed by atoms with E-state index in [0.29, 0.717) is 15.1 Å². The molecule has 1 aromatic rings. The molecule has 0 bridgehead atoms. The summed E-state index contributed by atoms with van der Waals surface area (Å²) in [5.41, 5.74) is 5.86. The second kappa shape index (κ2) is 7.33. The molecule has 0 aliphatic carbocycles. The number of hydrogen-bond acceptors (Lipinski definition) is 4. The van der Waals surface area contributed by atoms with Crippen LogP contribution in [0.15, 0.2) is 22.7 Å². The van der Waals surface area contributed by atoms with Crippen LogP contribution >= 0.6 is 39.7 Å². The lowest BCUT2D eigenvalue weighted by Crippen LogP contribution is -2.38. The van der Waals surface area contributed by atoms with Gasteiger partial charge in [0.25, 0.3) is 0 Å². The van der Waals surface area contributed by atoms with Crippen molar-refractivity contribution in [2.45, 2.75) is 5.75 Å². The highest BCUT2D eigenvalue weighted by Crippen LogP contribution is 2.21. The van der Waals surface area contributed by atoms with Crippen LogP contribution in [-0.4, -0.2) is 30.8 Å². The average Bonchev–Trinajstić information content (AvgIpc) is 2.25. The quantitative estimate of drug-likeness (QED) is 0.587. The Labute approximate surface area is 136 Å². The summed E-state index contributed by atoms with van der Waals surface area (Å²) in [6.07, 6.45) is 0. The maximum atomic E-state index is 12.2. The number of nitrogens with two attached hydrogens (primary N) is 1. The highest BCUT2D eigenvalue weighted by molar-refractivity contribution is 9.10. The minimum Gasteiger partial charge on any atom is -0.392 e. The monoisotopic (exact) mass is 395 g/mol. The summed E-state index contributed by atoms with van der Waals surface area (Å²) >= 11 is 13.8. The van der Waals surface area contributed by atoms with Gasteiger partial charge in [-0.25, -0.2) is 8.42 Å². The van der Waals surface area contributed by atoms with E-state index in [1.807, 2.05) is 0 Å². The van der Waals surface area contributed by atoms with Gasteiger partial charge in [-0.1, -0.05) is 39.7 Å². The molecule has 0 heterocycles. The lowest BCUT2D eigenvalue weighted by atomic mass is 10.2. The Morgan fingerprint density at radius 1 is 1.50 bits per heavy atom. The zero-order valence-electron chi connectivity index (χ0n) is 10.2. The van der Waals surface area contributed by atoms with Crippen molar-refractivity contribution in [1.29, 1.82) is 5.26 Å². The average molecular weight is 397 g/mol. The standard InChI is InChI=1S/C11H11BrClN3O2S2/c12-9-3-8(4-10(13)5-9)7-20(17,18)16(2-1-14)6-11(15)19/h3-5H,2,6-7H2,(H2,15,19). The van der Waals surface area contributed by atoms with Gasteiger partial charge in [0.15, 0.2) is 0 Å². The number of nitrogens with zero attached hydrogens (tertiary/aromatic N) is 2. The topological polar surface area (TPSA) is 87.2 Å². The smallest absolute Gasteiger partial charge is 0.219 e. The lowest BCUT2D eigenvalue weighted by Gasteiger charge is -2.18. The van der Waals surface area contributed by atoms with Gasteiger partial charge in [0.05, 0.1) is 23.4 Å². The molecule has 1 aromatic carbocycles. The third-order valence-corrected chi connectivity index (χ3v) is 4.79. The van der Waals surface area contributed by atoms with Crippen molar-refractivity contribution in [2.75, 3.05) is 13.1 Å². The maximum absolute atomic E-state index is 12.2.